The number of carbonyl (C=O) groups excluding carboxylic acids is 2. The fourth-order valence-electron chi connectivity index (χ4n) is 9.71. The largest absolute Gasteiger partial charge is 0.466 e. The zero-order valence-corrected chi connectivity index (χ0v) is 48.2. The van der Waals surface area contributed by atoms with Crippen molar-refractivity contribution >= 4 is 11.9 Å². The molecule has 0 spiro atoms. The Morgan fingerprint density at radius 2 is 0.750 bits per heavy atom. The van der Waals surface area contributed by atoms with Crippen LogP contribution in [0.3, 0.4) is 0 Å². The monoisotopic (exact) mass is 1010 g/mol. The first-order chi connectivity index (χ1) is 35.5. The summed E-state index contributed by atoms with van der Waals surface area (Å²) in [7, 11) is 0. The molecule has 0 aliphatic carbocycles. The van der Waals surface area contributed by atoms with E-state index >= 15 is 0 Å². The summed E-state index contributed by atoms with van der Waals surface area (Å²) in [5, 5.41) is 23.4. The van der Waals surface area contributed by atoms with E-state index in [4.69, 9.17) is 4.74 Å². The second kappa shape index (κ2) is 61.4. The molecule has 2 unspecified atom stereocenters. The third-order valence-corrected chi connectivity index (χ3v) is 14.6. The van der Waals surface area contributed by atoms with E-state index in [0.717, 1.165) is 83.5 Å². The number of rotatable bonds is 59. The Morgan fingerprint density at radius 1 is 0.403 bits per heavy atom. The topological polar surface area (TPSA) is 95.9 Å². The summed E-state index contributed by atoms with van der Waals surface area (Å²) in [4.78, 5) is 24.6. The number of aliphatic hydroxyl groups excluding tert-OH is 2. The van der Waals surface area contributed by atoms with E-state index in [0.29, 0.717) is 25.9 Å². The van der Waals surface area contributed by atoms with Gasteiger partial charge in [-0.1, -0.05) is 287 Å². The summed E-state index contributed by atoms with van der Waals surface area (Å²) in [5.41, 5.74) is 0. The number of carbonyl (C=O) groups is 2. The van der Waals surface area contributed by atoms with Crippen LogP contribution >= 0.6 is 0 Å². The Morgan fingerprint density at radius 3 is 1.18 bits per heavy atom. The Bertz CT molecular complexity index is 1210. The van der Waals surface area contributed by atoms with Crippen molar-refractivity contribution in [3.05, 3.63) is 48.6 Å². The van der Waals surface area contributed by atoms with E-state index < -0.39 is 12.1 Å². The van der Waals surface area contributed by atoms with Crippen molar-refractivity contribution in [2.24, 2.45) is 0 Å². The van der Waals surface area contributed by atoms with E-state index in [2.05, 4.69) is 67.8 Å². The molecule has 0 bridgehead atoms. The molecule has 0 aromatic rings. The van der Waals surface area contributed by atoms with Gasteiger partial charge in [-0.2, -0.15) is 0 Å². The normalized spacial score (nSPS) is 12.9. The van der Waals surface area contributed by atoms with Crippen molar-refractivity contribution in [2.75, 3.05) is 13.2 Å². The van der Waals surface area contributed by atoms with Crippen molar-refractivity contribution < 1.29 is 24.5 Å². The Labute approximate surface area is 448 Å². The third kappa shape index (κ3) is 57.1. The average Bonchev–Trinajstić information content (AvgIpc) is 3.38. The molecule has 0 aliphatic rings. The van der Waals surface area contributed by atoms with Gasteiger partial charge >= 0.3 is 5.97 Å². The number of aliphatic hydroxyl groups is 2. The van der Waals surface area contributed by atoms with E-state index in [1.54, 1.807) is 0 Å². The predicted molar refractivity (Wildman–Crippen MR) is 315 cm³/mol. The van der Waals surface area contributed by atoms with Crippen LogP contribution in [0.2, 0.25) is 0 Å². The molecule has 6 nitrogen and oxygen atoms in total. The van der Waals surface area contributed by atoms with Crippen LogP contribution in [0.1, 0.15) is 335 Å². The van der Waals surface area contributed by atoms with Crippen molar-refractivity contribution in [2.45, 2.75) is 347 Å². The highest BCUT2D eigenvalue weighted by molar-refractivity contribution is 5.76. The molecule has 0 fully saturated rings. The minimum Gasteiger partial charge on any atom is -0.466 e. The van der Waals surface area contributed by atoms with E-state index in [-0.39, 0.29) is 18.5 Å². The number of amides is 1. The standard InChI is InChI=1S/C66H123NO5/c1-3-5-7-9-11-13-15-17-19-20-21-22-23-25-28-31-34-38-42-46-50-54-58-64(69)63(62-68)67-65(70)59-55-51-47-43-39-35-32-29-26-24-27-30-33-37-41-45-49-53-57-61-72-66(71)60-56-52-48-44-40-36-18-16-14-12-10-8-6-4-2/h10,12,16,18,30,33,37,41,63-64,68-69H,3-9,11,13-15,17,19-29,31-32,34-36,38-40,42-62H2,1-2H3,(H,67,70)/b12-10-,18-16-,33-30-,41-37-. The first kappa shape index (κ1) is 69.8. The maximum absolute atomic E-state index is 12.5. The lowest BCUT2D eigenvalue weighted by Crippen LogP contribution is -2.45. The predicted octanol–water partition coefficient (Wildman–Crippen LogP) is 20.1. The minimum absolute atomic E-state index is 0.0279. The molecular formula is C66H123NO5. The lowest BCUT2D eigenvalue weighted by Gasteiger charge is -2.22. The van der Waals surface area contributed by atoms with Gasteiger partial charge in [0.05, 0.1) is 25.4 Å². The van der Waals surface area contributed by atoms with Gasteiger partial charge in [0.15, 0.2) is 0 Å². The molecule has 6 heteroatoms. The Kier molecular flexibility index (Phi) is 59.5. The van der Waals surface area contributed by atoms with Gasteiger partial charge < -0.3 is 20.3 Å². The van der Waals surface area contributed by atoms with Gasteiger partial charge in [-0.05, 0) is 83.5 Å². The lowest BCUT2D eigenvalue weighted by molar-refractivity contribution is -0.143. The van der Waals surface area contributed by atoms with Crippen molar-refractivity contribution in [3.8, 4) is 0 Å². The van der Waals surface area contributed by atoms with Gasteiger partial charge in [-0.15, -0.1) is 0 Å². The molecule has 422 valence electrons. The van der Waals surface area contributed by atoms with Crippen LogP contribution < -0.4 is 5.32 Å². The molecule has 0 aromatic carbocycles. The number of hydrogen-bond acceptors (Lipinski definition) is 5. The van der Waals surface area contributed by atoms with E-state index in [1.807, 2.05) is 0 Å². The van der Waals surface area contributed by atoms with Crippen molar-refractivity contribution in [1.29, 1.82) is 0 Å². The Hall–Kier alpha value is -2.18. The molecule has 0 aromatic heterocycles. The van der Waals surface area contributed by atoms with Crippen LogP contribution in [0.4, 0.5) is 0 Å². The first-order valence-electron chi connectivity index (χ1n) is 31.9. The number of allylic oxidation sites excluding steroid dienone is 8. The minimum atomic E-state index is -0.674. The summed E-state index contributed by atoms with van der Waals surface area (Å²) in [6, 6.07) is -0.552. The van der Waals surface area contributed by atoms with E-state index in [9.17, 15) is 19.8 Å². The molecule has 72 heavy (non-hydrogen) atoms. The molecule has 0 saturated carbocycles. The van der Waals surface area contributed by atoms with Crippen LogP contribution in [-0.4, -0.2) is 47.4 Å². The third-order valence-electron chi connectivity index (χ3n) is 14.6. The van der Waals surface area contributed by atoms with Crippen LogP contribution in [-0.2, 0) is 14.3 Å². The van der Waals surface area contributed by atoms with Crippen molar-refractivity contribution in [3.63, 3.8) is 0 Å². The molecule has 2 atom stereocenters. The van der Waals surface area contributed by atoms with Gasteiger partial charge in [-0.3, -0.25) is 9.59 Å². The summed E-state index contributed by atoms with van der Waals surface area (Å²) in [5.74, 6) is -0.0706. The Balaban J connectivity index is 3.48. The van der Waals surface area contributed by atoms with E-state index in [1.165, 1.54) is 218 Å². The summed E-state index contributed by atoms with van der Waals surface area (Å²) in [6.45, 7) is 4.88. The van der Waals surface area contributed by atoms with Gasteiger partial charge in [0.2, 0.25) is 5.91 Å². The van der Waals surface area contributed by atoms with Crippen LogP contribution in [0, 0.1) is 0 Å². The second-order valence-electron chi connectivity index (χ2n) is 21.8. The molecule has 0 saturated heterocycles. The molecule has 0 heterocycles. The number of hydrogen-bond donors (Lipinski definition) is 3. The summed E-state index contributed by atoms with van der Waals surface area (Å²) in [6.07, 6.45) is 78.4. The summed E-state index contributed by atoms with van der Waals surface area (Å²) >= 11 is 0. The quantitative estimate of drug-likeness (QED) is 0.0244. The highest BCUT2D eigenvalue weighted by Gasteiger charge is 2.20. The molecule has 0 rings (SSSR count). The van der Waals surface area contributed by atoms with Gasteiger partial charge in [0, 0.05) is 12.8 Å². The zero-order valence-electron chi connectivity index (χ0n) is 48.2. The molecule has 0 radical (unpaired) electrons. The highest BCUT2D eigenvalue weighted by Crippen LogP contribution is 2.18. The fraction of sp³-hybridized carbons (Fsp3) is 0.848. The van der Waals surface area contributed by atoms with Gasteiger partial charge in [-0.25, -0.2) is 0 Å². The van der Waals surface area contributed by atoms with Gasteiger partial charge in [0.25, 0.3) is 0 Å². The molecule has 0 aliphatic heterocycles. The molecule has 1 amide bonds. The second-order valence-corrected chi connectivity index (χ2v) is 21.8. The smallest absolute Gasteiger partial charge is 0.305 e. The number of nitrogens with one attached hydrogen (secondary N) is 1. The maximum atomic E-state index is 12.5. The molecule has 3 N–H and O–H groups in total. The fourth-order valence-corrected chi connectivity index (χ4v) is 9.71. The first-order valence-corrected chi connectivity index (χ1v) is 31.9. The lowest BCUT2D eigenvalue weighted by atomic mass is 10.0. The number of ether oxygens (including phenoxy) is 1. The molecular weight excluding hydrogens is 887 g/mol. The van der Waals surface area contributed by atoms with Crippen molar-refractivity contribution in [1.82, 2.24) is 5.32 Å². The number of esters is 1. The van der Waals surface area contributed by atoms with Crippen LogP contribution in [0.5, 0.6) is 0 Å². The maximum Gasteiger partial charge on any atom is 0.305 e. The SMILES string of the molecule is CCCC/C=C\C/C=C\CCCCCCCC(=O)OCCCCC/C=C\C=C/CCCCCCCCCCCCC(=O)NC(CO)C(O)CCCCCCCCCCCCCCCCCCCCCCCC. The van der Waals surface area contributed by atoms with Crippen LogP contribution in [0.15, 0.2) is 48.6 Å². The van der Waals surface area contributed by atoms with Crippen LogP contribution in [0.25, 0.3) is 0 Å². The average molecular weight is 1010 g/mol. The van der Waals surface area contributed by atoms with Gasteiger partial charge in [0.1, 0.15) is 0 Å². The number of unbranched alkanes of at least 4 members (excludes halogenated alkanes) is 41. The zero-order chi connectivity index (χ0) is 52.2. The summed E-state index contributed by atoms with van der Waals surface area (Å²) < 4.78 is 5.44. The highest BCUT2D eigenvalue weighted by atomic mass is 16.5.